The molecule has 100 valence electrons. The SMILES string of the molecule is CN=C(N)N1CCC(CSc2ccccc2)C1.I. The van der Waals surface area contributed by atoms with E-state index in [1.165, 1.54) is 11.3 Å². The molecule has 1 heterocycles. The molecule has 1 atom stereocenters. The van der Waals surface area contributed by atoms with Crippen LogP contribution in [0.2, 0.25) is 0 Å². The zero-order valence-corrected chi connectivity index (χ0v) is 13.7. The van der Waals surface area contributed by atoms with Crippen molar-refractivity contribution >= 4 is 41.7 Å². The highest BCUT2D eigenvalue weighted by molar-refractivity contribution is 14.0. The van der Waals surface area contributed by atoms with Gasteiger partial charge in [-0.2, -0.15) is 0 Å². The second-order valence-electron chi connectivity index (χ2n) is 4.31. The molecule has 0 amide bonds. The Morgan fingerprint density at radius 1 is 1.44 bits per heavy atom. The van der Waals surface area contributed by atoms with Crippen molar-refractivity contribution in [3.63, 3.8) is 0 Å². The van der Waals surface area contributed by atoms with Crippen molar-refractivity contribution in [2.45, 2.75) is 11.3 Å². The minimum Gasteiger partial charge on any atom is -0.370 e. The topological polar surface area (TPSA) is 41.6 Å². The summed E-state index contributed by atoms with van der Waals surface area (Å²) in [6.07, 6.45) is 1.22. The smallest absolute Gasteiger partial charge is 0.190 e. The largest absolute Gasteiger partial charge is 0.370 e. The van der Waals surface area contributed by atoms with Crippen LogP contribution < -0.4 is 5.73 Å². The number of likely N-dealkylation sites (tertiary alicyclic amines) is 1. The molecule has 1 aromatic rings. The normalized spacial score (nSPS) is 19.7. The summed E-state index contributed by atoms with van der Waals surface area (Å²) >= 11 is 1.93. The number of guanidine groups is 1. The van der Waals surface area contributed by atoms with Crippen LogP contribution in [0.1, 0.15) is 6.42 Å². The van der Waals surface area contributed by atoms with Gasteiger partial charge in [-0.15, -0.1) is 35.7 Å². The maximum atomic E-state index is 5.82. The van der Waals surface area contributed by atoms with E-state index < -0.39 is 0 Å². The Morgan fingerprint density at radius 2 is 2.17 bits per heavy atom. The summed E-state index contributed by atoms with van der Waals surface area (Å²) in [6, 6.07) is 10.6. The highest BCUT2D eigenvalue weighted by Crippen LogP contribution is 2.25. The lowest BCUT2D eigenvalue weighted by molar-refractivity contribution is 0.490. The van der Waals surface area contributed by atoms with Gasteiger partial charge >= 0.3 is 0 Å². The van der Waals surface area contributed by atoms with Crippen molar-refractivity contribution < 1.29 is 0 Å². The summed E-state index contributed by atoms with van der Waals surface area (Å²) in [5.74, 6) is 2.56. The first-order chi connectivity index (χ1) is 8.29. The number of nitrogens with zero attached hydrogens (tertiary/aromatic N) is 2. The van der Waals surface area contributed by atoms with Crippen molar-refractivity contribution in [2.24, 2.45) is 16.6 Å². The summed E-state index contributed by atoms with van der Waals surface area (Å²) in [5.41, 5.74) is 5.82. The fourth-order valence-corrected chi connectivity index (χ4v) is 3.10. The molecule has 0 radical (unpaired) electrons. The van der Waals surface area contributed by atoms with E-state index in [2.05, 4.69) is 40.2 Å². The molecule has 1 saturated heterocycles. The van der Waals surface area contributed by atoms with Gasteiger partial charge in [0.05, 0.1) is 0 Å². The predicted octanol–water partition coefficient (Wildman–Crippen LogP) is 2.66. The van der Waals surface area contributed by atoms with Crippen LogP contribution in [0.4, 0.5) is 0 Å². The third-order valence-corrected chi connectivity index (χ3v) is 4.31. The Kier molecular flexibility index (Phi) is 6.85. The maximum absolute atomic E-state index is 5.82. The summed E-state index contributed by atoms with van der Waals surface area (Å²) in [5, 5.41) is 0. The molecule has 2 rings (SSSR count). The Balaban J connectivity index is 0.00000162. The van der Waals surface area contributed by atoms with E-state index >= 15 is 0 Å². The summed E-state index contributed by atoms with van der Waals surface area (Å²) < 4.78 is 0. The minimum atomic E-state index is 0. The second-order valence-corrected chi connectivity index (χ2v) is 5.40. The van der Waals surface area contributed by atoms with Gasteiger partial charge in [-0.3, -0.25) is 4.99 Å². The zero-order chi connectivity index (χ0) is 12.1. The van der Waals surface area contributed by atoms with Gasteiger partial charge in [0.25, 0.3) is 0 Å². The number of halogens is 1. The molecule has 5 heteroatoms. The molecule has 0 saturated carbocycles. The minimum absolute atomic E-state index is 0. The zero-order valence-electron chi connectivity index (χ0n) is 10.6. The van der Waals surface area contributed by atoms with Crippen molar-refractivity contribution in [2.75, 3.05) is 25.9 Å². The van der Waals surface area contributed by atoms with E-state index in [4.69, 9.17) is 5.73 Å². The first-order valence-electron chi connectivity index (χ1n) is 5.94. The number of nitrogens with two attached hydrogens (primary N) is 1. The van der Waals surface area contributed by atoms with Gasteiger partial charge in [0.2, 0.25) is 0 Å². The molecule has 0 aromatic heterocycles. The first-order valence-corrected chi connectivity index (χ1v) is 6.93. The molecule has 1 aliphatic heterocycles. The molecular weight excluding hydrogens is 357 g/mol. The van der Waals surface area contributed by atoms with Gasteiger partial charge in [-0.1, -0.05) is 18.2 Å². The second kappa shape index (κ2) is 7.89. The van der Waals surface area contributed by atoms with E-state index in [9.17, 15) is 0 Å². The van der Waals surface area contributed by atoms with Gasteiger partial charge in [0.1, 0.15) is 0 Å². The van der Waals surface area contributed by atoms with Gasteiger partial charge in [-0.25, -0.2) is 0 Å². The van der Waals surface area contributed by atoms with Gasteiger partial charge in [0.15, 0.2) is 5.96 Å². The number of thioether (sulfide) groups is 1. The fourth-order valence-electron chi connectivity index (χ4n) is 2.05. The highest BCUT2D eigenvalue weighted by atomic mass is 127. The van der Waals surface area contributed by atoms with Crippen LogP contribution >= 0.6 is 35.7 Å². The average molecular weight is 377 g/mol. The van der Waals surface area contributed by atoms with Gasteiger partial charge in [0, 0.05) is 30.8 Å². The lowest BCUT2D eigenvalue weighted by atomic mass is 10.2. The van der Waals surface area contributed by atoms with Crippen LogP contribution in [0.25, 0.3) is 0 Å². The molecule has 2 N–H and O–H groups in total. The lowest BCUT2D eigenvalue weighted by Crippen LogP contribution is -2.35. The lowest BCUT2D eigenvalue weighted by Gasteiger charge is -2.16. The number of benzene rings is 1. The molecule has 0 spiro atoms. The predicted molar refractivity (Wildman–Crippen MR) is 89.8 cm³/mol. The Labute approximate surface area is 130 Å². The van der Waals surface area contributed by atoms with Gasteiger partial charge < -0.3 is 10.6 Å². The molecule has 3 nitrogen and oxygen atoms in total. The van der Waals surface area contributed by atoms with Crippen LogP contribution in [0.3, 0.4) is 0 Å². The Morgan fingerprint density at radius 3 is 2.83 bits per heavy atom. The molecule has 1 aliphatic rings. The number of aliphatic imine (C=N–C) groups is 1. The molecule has 1 aromatic carbocycles. The third kappa shape index (κ3) is 4.35. The Bertz CT molecular complexity index is 383. The monoisotopic (exact) mass is 377 g/mol. The van der Waals surface area contributed by atoms with Crippen LogP contribution in [0, 0.1) is 5.92 Å². The van der Waals surface area contributed by atoms with E-state index in [1.54, 1.807) is 7.05 Å². The highest BCUT2D eigenvalue weighted by Gasteiger charge is 2.23. The van der Waals surface area contributed by atoms with E-state index in [0.717, 1.165) is 24.8 Å². The van der Waals surface area contributed by atoms with Crippen LogP contribution in [-0.4, -0.2) is 36.7 Å². The standard InChI is InChI=1S/C13H19N3S.HI/c1-15-13(14)16-8-7-11(9-16)10-17-12-5-3-2-4-6-12;/h2-6,11H,7-10H2,1H3,(H2,14,15);1H. The van der Waals surface area contributed by atoms with Crippen molar-refractivity contribution in [3.8, 4) is 0 Å². The quantitative estimate of drug-likeness (QED) is 0.381. The van der Waals surface area contributed by atoms with Gasteiger partial charge in [-0.05, 0) is 24.5 Å². The molecule has 0 bridgehead atoms. The molecule has 1 fully saturated rings. The molecular formula is C13H20IN3S. The summed E-state index contributed by atoms with van der Waals surface area (Å²) in [6.45, 7) is 2.09. The summed E-state index contributed by atoms with van der Waals surface area (Å²) in [4.78, 5) is 7.56. The number of hydrogen-bond acceptors (Lipinski definition) is 2. The third-order valence-electron chi connectivity index (χ3n) is 3.07. The van der Waals surface area contributed by atoms with Crippen LogP contribution in [0.15, 0.2) is 40.2 Å². The van der Waals surface area contributed by atoms with E-state index in [-0.39, 0.29) is 24.0 Å². The fraction of sp³-hybridized carbons (Fsp3) is 0.462. The summed E-state index contributed by atoms with van der Waals surface area (Å²) in [7, 11) is 1.75. The molecule has 0 aliphatic carbocycles. The molecule has 18 heavy (non-hydrogen) atoms. The number of rotatable bonds is 3. The Hall–Kier alpha value is -0.430. The average Bonchev–Trinajstić information content (AvgIpc) is 2.85. The first kappa shape index (κ1) is 15.6. The van der Waals surface area contributed by atoms with E-state index in [1.807, 2.05) is 11.8 Å². The maximum Gasteiger partial charge on any atom is 0.190 e. The van der Waals surface area contributed by atoms with Crippen LogP contribution in [0.5, 0.6) is 0 Å². The van der Waals surface area contributed by atoms with Crippen molar-refractivity contribution in [3.05, 3.63) is 30.3 Å². The van der Waals surface area contributed by atoms with Crippen LogP contribution in [-0.2, 0) is 0 Å². The van der Waals surface area contributed by atoms with Crippen molar-refractivity contribution in [1.82, 2.24) is 4.90 Å². The van der Waals surface area contributed by atoms with E-state index in [0.29, 0.717) is 5.96 Å². The van der Waals surface area contributed by atoms with Crippen molar-refractivity contribution in [1.29, 1.82) is 0 Å². The molecule has 1 unspecified atom stereocenters. The number of hydrogen-bond donors (Lipinski definition) is 1.